The molecule has 2 heterocycles. The van der Waals surface area contributed by atoms with Crippen LogP contribution in [-0.4, -0.2) is 29.0 Å². The van der Waals surface area contributed by atoms with Crippen molar-refractivity contribution in [3.63, 3.8) is 0 Å². The average Bonchev–Trinajstić information content (AvgIpc) is 2.65. The molecule has 0 bridgehead atoms. The van der Waals surface area contributed by atoms with Gasteiger partial charge in [0.25, 0.3) is 0 Å². The minimum atomic E-state index is 0.153. The Kier molecular flexibility index (Phi) is 5.34. The van der Waals surface area contributed by atoms with E-state index in [1.807, 2.05) is 12.4 Å². The van der Waals surface area contributed by atoms with E-state index in [0.717, 1.165) is 5.92 Å². The number of aromatic nitrogens is 1. The SMILES string of the molecule is CCC1CCCN(C(c2ccncc2)C(C)N)CC1. The van der Waals surface area contributed by atoms with Crippen molar-refractivity contribution >= 4 is 0 Å². The minimum Gasteiger partial charge on any atom is -0.326 e. The molecule has 3 nitrogen and oxygen atoms in total. The van der Waals surface area contributed by atoms with E-state index in [2.05, 4.69) is 35.9 Å². The number of nitrogens with zero attached hydrogens (tertiary/aromatic N) is 2. The fourth-order valence-corrected chi connectivity index (χ4v) is 3.28. The summed E-state index contributed by atoms with van der Waals surface area (Å²) in [6.07, 6.45) is 9.04. The highest BCUT2D eigenvalue weighted by atomic mass is 15.2. The van der Waals surface area contributed by atoms with Gasteiger partial charge in [-0.2, -0.15) is 0 Å². The van der Waals surface area contributed by atoms with E-state index in [9.17, 15) is 0 Å². The van der Waals surface area contributed by atoms with E-state index in [0.29, 0.717) is 6.04 Å². The molecule has 0 amide bonds. The van der Waals surface area contributed by atoms with Crippen molar-refractivity contribution in [1.82, 2.24) is 9.88 Å². The third-order valence-electron chi connectivity index (χ3n) is 4.40. The molecule has 0 radical (unpaired) electrons. The number of hydrogen-bond donors (Lipinski definition) is 1. The van der Waals surface area contributed by atoms with Crippen molar-refractivity contribution in [1.29, 1.82) is 0 Å². The van der Waals surface area contributed by atoms with Gasteiger partial charge < -0.3 is 5.73 Å². The Hall–Kier alpha value is -0.930. The molecule has 0 spiro atoms. The highest BCUT2D eigenvalue weighted by Crippen LogP contribution is 2.28. The molecule has 2 rings (SSSR count). The van der Waals surface area contributed by atoms with Gasteiger partial charge in [0.05, 0.1) is 0 Å². The van der Waals surface area contributed by atoms with Gasteiger partial charge in [0.15, 0.2) is 0 Å². The quantitative estimate of drug-likeness (QED) is 0.906. The second kappa shape index (κ2) is 7.01. The molecule has 1 aliphatic heterocycles. The van der Waals surface area contributed by atoms with Crippen LogP contribution in [0.15, 0.2) is 24.5 Å². The third kappa shape index (κ3) is 3.77. The van der Waals surface area contributed by atoms with Crippen molar-refractivity contribution in [2.45, 2.75) is 51.6 Å². The molecule has 0 aliphatic carbocycles. The summed E-state index contributed by atoms with van der Waals surface area (Å²) >= 11 is 0. The molecule has 3 heteroatoms. The Balaban J connectivity index is 2.11. The number of nitrogens with two attached hydrogens (primary N) is 1. The third-order valence-corrected chi connectivity index (χ3v) is 4.40. The largest absolute Gasteiger partial charge is 0.326 e. The van der Waals surface area contributed by atoms with Crippen LogP contribution in [0.3, 0.4) is 0 Å². The van der Waals surface area contributed by atoms with Gasteiger partial charge in [-0.15, -0.1) is 0 Å². The van der Waals surface area contributed by atoms with Gasteiger partial charge in [0.1, 0.15) is 0 Å². The summed E-state index contributed by atoms with van der Waals surface area (Å²) in [6, 6.07) is 4.70. The first-order valence-corrected chi connectivity index (χ1v) is 7.62. The lowest BCUT2D eigenvalue weighted by molar-refractivity contribution is 0.180. The lowest BCUT2D eigenvalue weighted by atomic mass is 9.98. The topological polar surface area (TPSA) is 42.2 Å². The van der Waals surface area contributed by atoms with Gasteiger partial charge in [0, 0.05) is 24.5 Å². The first-order valence-electron chi connectivity index (χ1n) is 7.62. The summed E-state index contributed by atoms with van der Waals surface area (Å²) in [6.45, 7) is 6.78. The van der Waals surface area contributed by atoms with Crippen LogP contribution in [0.4, 0.5) is 0 Å². The van der Waals surface area contributed by atoms with Crippen LogP contribution < -0.4 is 5.73 Å². The average molecular weight is 261 g/mol. The fraction of sp³-hybridized carbons (Fsp3) is 0.688. The van der Waals surface area contributed by atoms with Crippen LogP contribution in [0.1, 0.15) is 51.1 Å². The van der Waals surface area contributed by atoms with Crippen LogP contribution >= 0.6 is 0 Å². The van der Waals surface area contributed by atoms with Crippen molar-refractivity contribution in [2.24, 2.45) is 11.7 Å². The standard InChI is InChI=1S/C16H27N3/c1-3-14-5-4-11-19(12-8-14)16(13(2)17)15-6-9-18-10-7-15/h6-7,9-10,13-14,16H,3-5,8,11-12,17H2,1-2H3. The fourth-order valence-electron chi connectivity index (χ4n) is 3.28. The zero-order valence-electron chi connectivity index (χ0n) is 12.3. The molecule has 0 saturated carbocycles. The highest BCUT2D eigenvalue weighted by Gasteiger charge is 2.26. The van der Waals surface area contributed by atoms with E-state index in [1.165, 1.54) is 44.3 Å². The van der Waals surface area contributed by atoms with Crippen molar-refractivity contribution in [3.05, 3.63) is 30.1 Å². The zero-order valence-corrected chi connectivity index (χ0v) is 12.3. The lowest BCUT2D eigenvalue weighted by Crippen LogP contribution is -2.40. The van der Waals surface area contributed by atoms with Gasteiger partial charge in [-0.3, -0.25) is 9.88 Å². The van der Waals surface area contributed by atoms with Crippen LogP contribution in [0.5, 0.6) is 0 Å². The molecule has 1 aromatic heterocycles. The second-order valence-electron chi connectivity index (χ2n) is 5.83. The normalized spacial score (nSPS) is 24.7. The van der Waals surface area contributed by atoms with Crippen LogP contribution in [-0.2, 0) is 0 Å². The summed E-state index contributed by atoms with van der Waals surface area (Å²) < 4.78 is 0. The monoisotopic (exact) mass is 261 g/mol. The Morgan fingerprint density at radius 1 is 1.32 bits per heavy atom. The van der Waals surface area contributed by atoms with Gasteiger partial charge in [-0.1, -0.05) is 13.3 Å². The van der Waals surface area contributed by atoms with E-state index in [4.69, 9.17) is 5.73 Å². The molecule has 3 atom stereocenters. The minimum absolute atomic E-state index is 0.153. The lowest BCUT2D eigenvalue weighted by Gasteiger charge is -2.33. The molecule has 1 aromatic rings. The Bertz CT molecular complexity index is 364. The molecule has 2 N–H and O–H groups in total. The van der Waals surface area contributed by atoms with Crippen LogP contribution in [0, 0.1) is 5.92 Å². The molecular formula is C16H27N3. The first-order chi connectivity index (χ1) is 9.22. The van der Waals surface area contributed by atoms with Crippen LogP contribution in [0.25, 0.3) is 0 Å². The molecule has 0 aromatic carbocycles. The summed E-state index contributed by atoms with van der Waals surface area (Å²) in [7, 11) is 0. The maximum absolute atomic E-state index is 6.26. The molecule has 1 aliphatic rings. The zero-order chi connectivity index (χ0) is 13.7. The molecule has 1 saturated heterocycles. The molecule has 1 fully saturated rings. The predicted molar refractivity (Wildman–Crippen MR) is 79.8 cm³/mol. The summed E-state index contributed by atoms with van der Waals surface area (Å²) in [4.78, 5) is 6.70. The Labute approximate surface area is 117 Å². The Morgan fingerprint density at radius 2 is 2.05 bits per heavy atom. The van der Waals surface area contributed by atoms with Crippen molar-refractivity contribution < 1.29 is 0 Å². The first kappa shape index (κ1) is 14.5. The number of hydrogen-bond acceptors (Lipinski definition) is 3. The summed E-state index contributed by atoms with van der Waals surface area (Å²) in [5.74, 6) is 0.899. The predicted octanol–water partition coefficient (Wildman–Crippen LogP) is 2.98. The molecule has 19 heavy (non-hydrogen) atoms. The summed E-state index contributed by atoms with van der Waals surface area (Å²) in [5, 5.41) is 0. The van der Waals surface area contributed by atoms with Crippen molar-refractivity contribution in [2.75, 3.05) is 13.1 Å². The number of rotatable bonds is 4. The summed E-state index contributed by atoms with van der Waals surface area (Å²) in [5.41, 5.74) is 7.56. The van der Waals surface area contributed by atoms with E-state index < -0.39 is 0 Å². The van der Waals surface area contributed by atoms with E-state index in [-0.39, 0.29) is 6.04 Å². The van der Waals surface area contributed by atoms with Gasteiger partial charge in [-0.25, -0.2) is 0 Å². The van der Waals surface area contributed by atoms with Gasteiger partial charge >= 0.3 is 0 Å². The van der Waals surface area contributed by atoms with Gasteiger partial charge in [-0.05, 0) is 62.9 Å². The molecule has 3 unspecified atom stereocenters. The highest BCUT2D eigenvalue weighted by molar-refractivity contribution is 5.17. The van der Waals surface area contributed by atoms with Gasteiger partial charge in [0.2, 0.25) is 0 Å². The maximum Gasteiger partial charge on any atom is 0.0497 e. The molecular weight excluding hydrogens is 234 g/mol. The maximum atomic E-state index is 6.26. The van der Waals surface area contributed by atoms with Crippen LogP contribution in [0.2, 0.25) is 0 Å². The number of pyridine rings is 1. The van der Waals surface area contributed by atoms with Crippen molar-refractivity contribution in [3.8, 4) is 0 Å². The molecule has 106 valence electrons. The second-order valence-corrected chi connectivity index (χ2v) is 5.83. The number of likely N-dealkylation sites (tertiary alicyclic amines) is 1. The van der Waals surface area contributed by atoms with E-state index in [1.54, 1.807) is 0 Å². The Morgan fingerprint density at radius 3 is 2.68 bits per heavy atom. The smallest absolute Gasteiger partial charge is 0.0497 e. The van der Waals surface area contributed by atoms with E-state index >= 15 is 0 Å².